The van der Waals surface area contributed by atoms with Crippen LogP contribution in [0, 0.1) is 0 Å². The predicted molar refractivity (Wildman–Crippen MR) is 76.6 cm³/mol. The molecular weight excluding hydrogens is 264 g/mol. The Bertz CT molecular complexity index is 515. The smallest absolute Gasteiger partial charge is 0.319 e. The number of nitrogens with one attached hydrogen (secondary N) is 2. The summed E-state index contributed by atoms with van der Waals surface area (Å²) in [6.45, 7) is 0.727. The number of urea groups is 1. The second kappa shape index (κ2) is 4.74. The van der Waals surface area contributed by atoms with Gasteiger partial charge in [0.05, 0.1) is 5.00 Å². The number of carbonyl (C=O) groups excluding carboxylic acids is 1. The van der Waals surface area contributed by atoms with Gasteiger partial charge < -0.3 is 5.32 Å². The number of hydrogen-bond acceptors (Lipinski definition) is 3. The Balaban J connectivity index is 1.54. The molecule has 0 saturated heterocycles. The molecule has 0 aliphatic heterocycles. The van der Waals surface area contributed by atoms with Crippen LogP contribution in [0.3, 0.4) is 0 Å². The van der Waals surface area contributed by atoms with Crippen LogP contribution in [0.2, 0.25) is 0 Å². The number of amides is 2. The molecule has 0 aromatic carbocycles. The van der Waals surface area contributed by atoms with E-state index in [1.54, 1.807) is 11.3 Å². The molecule has 0 atom stereocenters. The molecule has 3 nitrogen and oxygen atoms in total. The molecule has 1 aliphatic rings. The quantitative estimate of drug-likeness (QED) is 0.880. The molecule has 2 amide bonds. The van der Waals surface area contributed by atoms with Gasteiger partial charge in [-0.05, 0) is 41.8 Å². The summed E-state index contributed by atoms with van der Waals surface area (Å²) in [6.07, 6.45) is 2.35. The number of rotatable bonds is 4. The van der Waals surface area contributed by atoms with Crippen molar-refractivity contribution >= 4 is 33.7 Å². The number of anilines is 1. The van der Waals surface area contributed by atoms with Gasteiger partial charge in [-0.2, -0.15) is 0 Å². The van der Waals surface area contributed by atoms with Gasteiger partial charge in [0, 0.05) is 16.8 Å². The second-order valence-electron chi connectivity index (χ2n) is 4.54. The first-order chi connectivity index (χ1) is 8.78. The summed E-state index contributed by atoms with van der Waals surface area (Å²) in [7, 11) is 0. The van der Waals surface area contributed by atoms with Crippen LogP contribution in [0.5, 0.6) is 0 Å². The highest BCUT2D eigenvalue weighted by Gasteiger charge is 2.45. The molecule has 0 bridgehead atoms. The third-order valence-corrected chi connectivity index (χ3v) is 5.14. The highest BCUT2D eigenvalue weighted by molar-refractivity contribution is 7.14. The van der Waals surface area contributed by atoms with Crippen molar-refractivity contribution in [3.05, 3.63) is 39.9 Å². The minimum Gasteiger partial charge on any atom is -0.337 e. The minimum atomic E-state index is -0.111. The molecule has 94 valence electrons. The lowest BCUT2D eigenvalue weighted by Gasteiger charge is -2.14. The molecule has 2 aromatic rings. The van der Waals surface area contributed by atoms with Crippen molar-refractivity contribution in [2.24, 2.45) is 0 Å². The summed E-state index contributed by atoms with van der Waals surface area (Å²) in [4.78, 5) is 13.1. The average Bonchev–Trinajstić information content (AvgIpc) is 2.84. The molecule has 2 heterocycles. The van der Waals surface area contributed by atoms with Gasteiger partial charge >= 0.3 is 6.03 Å². The standard InChI is InChI=1S/C13H14N2OS2/c16-12(15-11-4-2-8-18-11)14-9-13(5-6-13)10-3-1-7-17-10/h1-4,7-8H,5-6,9H2,(H2,14,15,16). The molecule has 1 fully saturated rings. The molecule has 2 aromatic heterocycles. The van der Waals surface area contributed by atoms with Crippen molar-refractivity contribution < 1.29 is 4.79 Å². The molecule has 1 aliphatic carbocycles. The Hall–Kier alpha value is -1.33. The lowest BCUT2D eigenvalue weighted by molar-refractivity contribution is 0.251. The fourth-order valence-electron chi connectivity index (χ4n) is 2.00. The topological polar surface area (TPSA) is 41.1 Å². The van der Waals surface area contributed by atoms with Crippen LogP contribution in [0.25, 0.3) is 0 Å². The van der Waals surface area contributed by atoms with Crippen LogP contribution < -0.4 is 10.6 Å². The van der Waals surface area contributed by atoms with Gasteiger partial charge in [0.25, 0.3) is 0 Å². The molecule has 5 heteroatoms. The first kappa shape index (κ1) is 11.7. The van der Waals surface area contributed by atoms with E-state index in [1.165, 1.54) is 29.1 Å². The molecule has 0 unspecified atom stereocenters. The van der Waals surface area contributed by atoms with Gasteiger partial charge in [-0.1, -0.05) is 6.07 Å². The minimum absolute atomic E-state index is 0.111. The summed E-state index contributed by atoms with van der Waals surface area (Å²) >= 11 is 3.31. The summed E-state index contributed by atoms with van der Waals surface area (Å²) in [5, 5.41) is 10.7. The van der Waals surface area contributed by atoms with E-state index in [0.717, 1.165) is 11.5 Å². The SMILES string of the molecule is O=C(NCC1(c2cccs2)CC1)Nc1cccs1. The van der Waals surface area contributed by atoms with Crippen LogP contribution >= 0.6 is 22.7 Å². The van der Waals surface area contributed by atoms with Gasteiger partial charge in [-0.25, -0.2) is 4.79 Å². The maximum absolute atomic E-state index is 11.7. The molecular formula is C13H14N2OS2. The Morgan fingerprint density at radius 3 is 2.61 bits per heavy atom. The van der Waals surface area contributed by atoms with E-state index in [1.807, 2.05) is 17.5 Å². The van der Waals surface area contributed by atoms with Crippen LogP contribution in [0.4, 0.5) is 9.80 Å². The third-order valence-electron chi connectivity index (χ3n) is 3.24. The van der Waals surface area contributed by atoms with Gasteiger partial charge in [0.1, 0.15) is 0 Å². The van der Waals surface area contributed by atoms with Crippen molar-refractivity contribution in [3.63, 3.8) is 0 Å². The molecule has 2 N–H and O–H groups in total. The Kier molecular flexibility index (Phi) is 3.09. The number of carbonyl (C=O) groups is 1. The van der Waals surface area contributed by atoms with Crippen LogP contribution in [0.1, 0.15) is 17.7 Å². The zero-order valence-corrected chi connectivity index (χ0v) is 11.4. The highest BCUT2D eigenvalue weighted by atomic mass is 32.1. The molecule has 18 heavy (non-hydrogen) atoms. The fourth-order valence-corrected chi connectivity index (χ4v) is 3.60. The van der Waals surface area contributed by atoms with Gasteiger partial charge in [-0.3, -0.25) is 5.32 Å². The largest absolute Gasteiger partial charge is 0.337 e. The van der Waals surface area contributed by atoms with Crippen molar-refractivity contribution in [2.75, 3.05) is 11.9 Å². The maximum Gasteiger partial charge on any atom is 0.319 e. The second-order valence-corrected chi connectivity index (χ2v) is 6.44. The summed E-state index contributed by atoms with van der Waals surface area (Å²) in [5.41, 5.74) is 0.209. The van der Waals surface area contributed by atoms with Gasteiger partial charge in [0.15, 0.2) is 0 Å². The highest BCUT2D eigenvalue weighted by Crippen LogP contribution is 2.49. The first-order valence-electron chi connectivity index (χ1n) is 5.91. The Morgan fingerprint density at radius 2 is 2.00 bits per heavy atom. The summed E-state index contributed by atoms with van der Waals surface area (Å²) in [5.74, 6) is 0. The molecule has 0 radical (unpaired) electrons. The van der Waals surface area contributed by atoms with Gasteiger partial charge in [-0.15, -0.1) is 22.7 Å². The van der Waals surface area contributed by atoms with Gasteiger partial charge in [0.2, 0.25) is 0 Å². The molecule has 1 saturated carbocycles. The monoisotopic (exact) mass is 278 g/mol. The predicted octanol–water partition coefficient (Wildman–Crippen LogP) is 3.66. The van der Waals surface area contributed by atoms with E-state index >= 15 is 0 Å². The van der Waals surface area contributed by atoms with E-state index in [-0.39, 0.29) is 11.4 Å². The van der Waals surface area contributed by atoms with Crippen LogP contribution in [0.15, 0.2) is 35.0 Å². The Morgan fingerprint density at radius 1 is 1.22 bits per heavy atom. The summed E-state index contributed by atoms with van der Waals surface area (Å²) < 4.78 is 0. The van der Waals surface area contributed by atoms with E-state index in [2.05, 4.69) is 28.1 Å². The number of thiophene rings is 2. The fraction of sp³-hybridized carbons (Fsp3) is 0.308. The molecule has 3 rings (SSSR count). The lowest BCUT2D eigenvalue weighted by atomic mass is 10.1. The lowest BCUT2D eigenvalue weighted by Crippen LogP contribution is -2.34. The van der Waals surface area contributed by atoms with Crippen molar-refractivity contribution in [1.29, 1.82) is 0 Å². The van der Waals surface area contributed by atoms with Crippen molar-refractivity contribution in [3.8, 4) is 0 Å². The number of hydrogen-bond donors (Lipinski definition) is 2. The van der Waals surface area contributed by atoms with E-state index < -0.39 is 0 Å². The van der Waals surface area contributed by atoms with E-state index in [4.69, 9.17) is 0 Å². The average molecular weight is 278 g/mol. The Labute approximate surface area is 114 Å². The molecule has 0 spiro atoms. The zero-order valence-electron chi connectivity index (χ0n) is 9.81. The van der Waals surface area contributed by atoms with E-state index in [9.17, 15) is 4.79 Å². The van der Waals surface area contributed by atoms with Crippen LogP contribution in [-0.4, -0.2) is 12.6 Å². The van der Waals surface area contributed by atoms with Crippen molar-refractivity contribution in [1.82, 2.24) is 5.32 Å². The third kappa shape index (κ3) is 2.42. The van der Waals surface area contributed by atoms with Crippen molar-refractivity contribution in [2.45, 2.75) is 18.3 Å². The van der Waals surface area contributed by atoms with Crippen LogP contribution in [-0.2, 0) is 5.41 Å². The van der Waals surface area contributed by atoms with E-state index in [0.29, 0.717) is 0 Å². The first-order valence-corrected chi connectivity index (χ1v) is 7.67. The normalized spacial score (nSPS) is 16.2. The summed E-state index contributed by atoms with van der Waals surface area (Å²) in [6, 6.07) is 7.95. The maximum atomic E-state index is 11.7. The zero-order chi connectivity index (χ0) is 12.4.